The minimum atomic E-state index is -0.183. The van der Waals surface area contributed by atoms with Gasteiger partial charge in [-0.3, -0.25) is 4.79 Å². The molecule has 0 fully saturated rings. The highest BCUT2D eigenvalue weighted by Gasteiger charge is 2.41. The van der Waals surface area contributed by atoms with Crippen molar-refractivity contribution in [2.75, 3.05) is 12.1 Å². The molecule has 30 heavy (non-hydrogen) atoms. The van der Waals surface area contributed by atoms with Crippen LogP contribution in [0.3, 0.4) is 0 Å². The summed E-state index contributed by atoms with van der Waals surface area (Å²) < 4.78 is 9.71. The molecule has 1 aliphatic carbocycles. The van der Waals surface area contributed by atoms with E-state index in [4.69, 9.17) is 21.4 Å². The van der Waals surface area contributed by atoms with Crippen molar-refractivity contribution in [1.82, 2.24) is 9.36 Å². The number of hydrogen-bond acceptors (Lipinski definition) is 7. The summed E-state index contributed by atoms with van der Waals surface area (Å²) in [6, 6.07) is 9.53. The van der Waals surface area contributed by atoms with Gasteiger partial charge in [-0.05, 0) is 48.1 Å². The highest BCUT2D eigenvalue weighted by Crippen LogP contribution is 2.38. The molecular formula is C21H17ClN4O2S2. The molecule has 1 aromatic carbocycles. The zero-order valence-corrected chi connectivity index (χ0v) is 18.4. The van der Waals surface area contributed by atoms with Gasteiger partial charge in [0.15, 0.2) is 5.82 Å². The quantitative estimate of drug-likeness (QED) is 0.502. The Balaban J connectivity index is 1.58. The summed E-state index contributed by atoms with van der Waals surface area (Å²) >= 11 is 9.12. The minimum absolute atomic E-state index is 0.00731. The van der Waals surface area contributed by atoms with E-state index in [0.717, 1.165) is 22.6 Å². The Labute approximate surface area is 186 Å². The smallest absolute Gasteiger partial charge is 0.253 e. The maximum Gasteiger partial charge on any atom is 0.253 e. The lowest BCUT2D eigenvalue weighted by atomic mass is 9.76. The summed E-state index contributed by atoms with van der Waals surface area (Å²) in [6.45, 7) is 0. The number of rotatable bonds is 4. The molecule has 0 unspecified atom stereocenters. The first-order valence-corrected chi connectivity index (χ1v) is 11.5. The van der Waals surface area contributed by atoms with Crippen LogP contribution in [-0.4, -0.2) is 28.1 Å². The lowest BCUT2D eigenvalue weighted by Gasteiger charge is -2.35. The summed E-state index contributed by atoms with van der Waals surface area (Å²) in [5.41, 5.74) is 1.72. The van der Waals surface area contributed by atoms with Gasteiger partial charge in [-0.15, -0.1) is 11.3 Å². The molecule has 152 valence electrons. The predicted molar refractivity (Wildman–Crippen MR) is 121 cm³/mol. The molecular weight excluding hydrogens is 440 g/mol. The van der Waals surface area contributed by atoms with Crippen LogP contribution in [0.1, 0.15) is 18.4 Å². The normalized spacial score (nSPS) is 20.8. The van der Waals surface area contributed by atoms with Crippen LogP contribution in [0.5, 0.6) is 5.75 Å². The van der Waals surface area contributed by atoms with Crippen molar-refractivity contribution < 1.29 is 9.53 Å². The van der Waals surface area contributed by atoms with Crippen LogP contribution in [0.2, 0.25) is 5.02 Å². The summed E-state index contributed by atoms with van der Waals surface area (Å²) in [4.78, 5) is 18.8. The number of hydrazone groups is 1. The Morgan fingerprint density at radius 2 is 2.03 bits per heavy atom. The number of benzene rings is 1. The fourth-order valence-corrected chi connectivity index (χ4v) is 5.44. The fourth-order valence-electron chi connectivity index (χ4n) is 3.82. The van der Waals surface area contributed by atoms with Gasteiger partial charge in [0.2, 0.25) is 5.13 Å². The zero-order chi connectivity index (χ0) is 20.7. The Morgan fingerprint density at radius 1 is 1.20 bits per heavy atom. The first-order valence-electron chi connectivity index (χ1n) is 9.44. The molecule has 0 radical (unpaired) electrons. The molecule has 2 aliphatic rings. The molecule has 0 N–H and O–H groups in total. The Bertz CT molecular complexity index is 1160. The average molecular weight is 457 g/mol. The average Bonchev–Trinajstić information content (AvgIpc) is 3.46. The van der Waals surface area contributed by atoms with E-state index < -0.39 is 0 Å². The number of fused-ring (bicyclic) bond motifs is 1. The first-order chi connectivity index (χ1) is 14.7. The Kier molecular flexibility index (Phi) is 5.14. The van der Waals surface area contributed by atoms with Gasteiger partial charge in [-0.25, -0.2) is 0 Å². The van der Waals surface area contributed by atoms with Gasteiger partial charge in [-0.1, -0.05) is 29.8 Å². The second-order valence-corrected chi connectivity index (χ2v) is 9.10. The minimum Gasteiger partial charge on any atom is -0.495 e. The van der Waals surface area contributed by atoms with Crippen molar-refractivity contribution in [3.05, 3.63) is 58.5 Å². The predicted octanol–water partition coefficient (Wildman–Crippen LogP) is 5.26. The molecule has 0 saturated heterocycles. The Morgan fingerprint density at radius 3 is 2.77 bits per heavy atom. The number of ether oxygens (including phenoxy) is 1. The summed E-state index contributed by atoms with van der Waals surface area (Å²) in [7, 11) is 1.59. The highest BCUT2D eigenvalue weighted by molar-refractivity contribution is 7.14. The molecule has 6 nitrogen and oxygen atoms in total. The van der Waals surface area contributed by atoms with E-state index in [0.29, 0.717) is 28.1 Å². The first kappa shape index (κ1) is 19.4. The van der Waals surface area contributed by atoms with Gasteiger partial charge >= 0.3 is 0 Å². The fraction of sp³-hybridized carbons (Fsp3) is 0.238. The molecule has 2 aromatic heterocycles. The van der Waals surface area contributed by atoms with Crippen molar-refractivity contribution in [2.45, 2.75) is 12.8 Å². The van der Waals surface area contributed by atoms with Gasteiger partial charge in [-0.2, -0.15) is 19.5 Å². The number of thiophene rings is 1. The maximum atomic E-state index is 13.3. The van der Waals surface area contributed by atoms with Crippen molar-refractivity contribution >= 4 is 51.2 Å². The van der Waals surface area contributed by atoms with E-state index in [2.05, 4.69) is 21.5 Å². The van der Waals surface area contributed by atoms with E-state index >= 15 is 0 Å². The molecule has 0 bridgehead atoms. The van der Waals surface area contributed by atoms with Gasteiger partial charge < -0.3 is 4.74 Å². The van der Waals surface area contributed by atoms with Gasteiger partial charge in [0.05, 0.1) is 28.6 Å². The third-order valence-electron chi connectivity index (χ3n) is 5.30. The molecule has 3 heterocycles. The van der Waals surface area contributed by atoms with Crippen molar-refractivity contribution in [1.29, 1.82) is 0 Å². The molecule has 0 saturated carbocycles. The number of anilines is 1. The van der Waals surface area contributed by atoms with E-state index in [-0.39, 0.29) is 17.7 Å². The second-order valence-electron chi connectivity index (χ2n) is 7.02. The largest absolute Gasteiger partial charge is 0.495 e. The Hall–Kier alpha value is -2.55. The second kappa shape index (κ2) is 7.94. The van der Waals surface area contributed by atoms with Gasteiger partial charge in [0.1, 0.15) is 5.75 Å². The third kappa shape index (κ3) is 3.34. The van der Waals surface area contributed by atoms with E-state index in [1.807, 2.05) is 35.7 Å². The number of nitrogens with zero attached hydrogens (tertiary/aromatic N) is 4. The van der Waals surface area contributed by atoms with Crippen LogP contribution in [-0.2, 0) is 4.79 Å². The van der Waals surface area contributed by atoms with Gasteiger partial charge in [0.25, 0.3) is 5.91 Å². The summed E-state index contributed by atoms with van der Waals surface area (Å²) in [5, 5.41) is 9.15. The van der Waals surface area contributed by atoms with E-state index in [1.54, 1.807) is 18.4 Å². The molecule has 5 rings (SSSR count). The summed E-state index contributed by atoms with van der Waals surface area (Å²) in [6.07, 6.45) is 5.63. The van der Waals surface area contributed by atoms with E-state index in [1.165, 1.54) is 16.5 Å². The van der Waals surface area contributed by atoms with Gasteiger partial charge in [0, 0.05) is 17.5 Å². The number of allylic oxidation sites excluding steroid dienone is 2. The monoisotopic (exact) mass is 456 g/mol. The van der Waals surface area contributed by atoms with Crippen molar-refractivity contribution in [3.8, 4) is 16.5 Å². The van der Waals surface area contributed by atoms with Crippen LogP contribution >= 0.6 is 34.5 Å². The van der Waals surface area contributed by atoms with Crippen molar-refractivity contribution in [2.24, 2.45) is 16.9 Å². The van der Waals surface area contributed by atoms with Crippen LogP contribution in [0.4, 0.5) is 5.13 Å². The van der Waals surface area contributed by atoms with Crippen LogP contribution < -0.4 is 9.75 Å². The highest BCUT2D eigenvalue weighted by atomic mass is 35.5. The topological polar surface area (TPSA) is 67.7 Å². The SMILES string of the molecule is COc1ccc(C2=NN(c3nc(-c4cccs4)ns3)C(=O)[C@H]3CC=CC[C@@H]23)cc1Cl. The molecule has 9 heteroatoms. The van der Waals surface area contributed by atoms with Crippen LogP contribution in [0.25, 0.3) is 10.7 Å². The molecule has 3 aromatic rings. The maximum absolute atomic E-state index is 13.3. The molecule has 1 amide bonds. The number of hydrogen-bond donors (Lipinski definition) is 0. The third-order valence-corrected chi connectivity index (χ3v) is 7.16. The number of carbonyl (C=O) groups is 1. The molecule has 1 aliphatic heterocycles. The van der Waals surface area contributed by atoms with Crippen LogP contribution in [0.15, 0.2) is 53.0 Å². The van der Waals surface area contributed by atoms with E-state index in [9.17, 15) is 4.79 Å². The molecule has 2 atom stereocenters. The standard InChI is InChI=1S/C21H17ClN4O2S2/c1-28-16-9-8-12(11-15(16)22)18-13-5-2-3-6-14(13)20(27)26(24-18)21-23-19(25-30-21)17-7-4-10-29-17/h2-4,7-11,13-14H,5-6H2,1H3/t13-,14+/m1/s1. The number of carbonyl (C=O) groups excluding carboxylic acids is 1. The lowest BCUT2D eigenvalue weighted by Crippen LogP contribution is -2.45. The number of amides is 1. The number of methoxy groups -OCH3 is 1. The number of halogens is 1. The molecule has 0 spiro atoms. The van der Waals surface area contributed by atoms with Crippen LogP contribution in [0, 0.1) is 11.8 Å². The summed E-state index contributed by atoms with van der Waals surface area (Å²) in [5.74, 6) is 1.01. The van der Waals surface area contributed by atoms with Crippen molar-refractivity contribution in [3.63, 3.8) is 0 Å². The lowest BCUT2D eigenvalue weighted by molar-refractivity contribution is -0.123. The zero-order valence-electron chi connectivity index (χ0n) is 16.0. The number of aromatic nitrogens is 2.